The summed E-state index contributed by atoms with van der Waals surface area (Å²) in [6.45, 7) is 9.92. The number of para-hydroxylation sites is 1. The molecule has 36 heavy (non-hydrogen) atoms. The lowest BCUT2D eigenvalue weighted by Gasteiger charge is -2.16. The molecule has 0 aliphatic rings. The van der Waals surface area contributed by atoms with Crippen LogP contribution in [0.25, 0.3) is 0 Å². The Balaban J connectivity index is 1.60. The van der Waals surface area contributed by atoms with Gasteiger partial charge >= 0.3 is 0 Å². The summed E-state index contributed by atoms with van der Waals surface area (Å²) >= 11 is 0. The minimum atomic E-state index is -0.587. The maximum absolute atomic E-state index is 12.7. The monoisotopic (exact) mass is 481 g/mol. The predicted octanol–water partition coefficient (Wildman–Crippen LogP) is 6.03. The molecule has 0 aliphatic heterocycles. The number of aryl methyl sites for hydroxylation is 4. The molecule has 1 atom stereocenters. The van der Waals surface area contributed by atoms with Crippen molar-refractivity contribution in [1.82, 2.24) is 15.0 Å². The van der Waals surface area contributed by atoms with Gasteiger partial charge in [0.05, 0.1) is 0 Å². The summed E-state index contributed by atoms with van der Waals surface area (Å²) in [6, 6.07) is 21.0. The van der Waals surface area contributed by atoms with E-state index in [1.165, 1.54) is 0 Å². The number of nitrogens with zero attached hydrogens (tertiary/aromatic N) is 3. The Morgan fingerprint density at radius 1 is 0.639 bits per heavy atom. The van der Waals surface area contributed by atoms with Crippen LogP contribution >= 0.6 is 0 Å². The van der Waals surface area contributed by atoms with Crippen LogP contribution in [0.1, 0.15) is 29.2 Å². The van der Waals surface area contributed by atoms with Gasteiger partial charge in [-0.3, -0.25) is 4.79 Å². The van der Waals surface area contributed by atoms with E-state index in [4.69, 9.17) is 0 Å². The van der Waals surface area contributed by atoms with E-state index in [9.17, 15) is 4.79 Å². The lowest BCUT2D eigenvalue weighted by Crippen LogP contribution is -2.32. The Morgan fingerprint density at radius 3 is 1.56 bits per heavy atom. The van der Waals surface area contributed by atoms with Crippen LogP contribution in [0.5, 0.6) is 0 Å². The zero-order valence-electron chi connectivity index (χ0n) is 21.2. The maximum atomic E-state index is 12.7. The van der Waals surface area contributed by atoms with Crippen LogP contribution in [0.15, 0.2) is 66.7 Å². The number of amides is 1. The first-order chi connectivity index (χ1) is 17.2. The third-order valence-electron chi connectivity index (χ3n) is 5.37. The summed E-state index contributed by atoms with van der Waals surface area (Å²) < 4.78 is 0. The third-order valence-corrected chi connectivity index (χ3v) is 5.37. The third kappa shape index (κ3) is 6.79. The normalized spacial score (nSPS) is 11.5. The van der Waals surface area contributed by atoms with Crippen molar-refractivity contribution in [1.29, 1.82) is 0 Å². The molecule has 0 unspecified atom stereocenters. The van der Waals surface area contributed by atoms with Gasteiger partial charge in [0.25, 0.3) is 0 Å². The first-order valence-electron chi connectivity index (χ1n) is 11.8. The first-order valence-corrected chi connectivity index (χ1v) is 11.8. The van der Waals surface area contributed by atoms with Crippen molar-refractivity contribution in [3.63, 3.8) is 0 Å². The molecule has 1 aromatic heterocycles. The summed E-state index contributed by atoms with van der Waals surface area (Å²) in [7, 11) is 0. The average molecular weight is 482 g/mol. The molecule has 8 heteroatoms. The summed E-state index contributed by atoms with van der Waals surface area (Å²) in [5.74, 6) is 0.800. The molecule has 0 aliphatic carbocycles. The van der Waals surface area contributed by atoms with Crippen LogP contribution < -0.4 is 21.3 Å². The summed E-state index contributed by atoms with van der Waals surface area (Å²) in [5, 5.41) is 12.5. The standard InChI is InChI=1S/C28H31N7O/c1-17-11-18(2)14-23(13-17)31-27-33-26(29-21(5)25(36)30-22-9-7-6-8-10-22)34-28(35-27)32-24-15-19(3)12-20(4)16-24/h6-16,21H,1-5H3,(H,30,36)(H3,29,31,32,33,34,35)/t21-/m0/s1. The fourth-order valence-corrected chi connectivity index (χ4v) is 3.94. The number of nitrogens with one attached hydrogen (secondary N) is 4. The van der Waals surface area contributed by atoms with Crippen molar-refractivity contribution in [2.24, 2.45) is 0 Å². The highest BCUT2D eigenvalue weighted by Gasteiger charge is 2.16. The van der Waals surface area contributed by atoms with E-state index in [2.05, 4.69) is 48.4 Å². The van der Waals surface area contributed by atoms with Gasteiger partial charge in [-0.25, -0.2) is 0 Å². The van der Waals surface area contributed by atoms with Crippen LogP contribution in [-0.4, -0.2) is 26.9 Å². The molecule has 0 spiro atoms. The molecule has 0 bridgehead atoms. The van der Waals surface area contributed by atoms with E-state index >= 15 is 0 Å². The minimum Gasteiger partial charge on any atom is -0.342 e. The molecule has 3 aromatic carbocycles. The van der Waals surface area contributed by atoms with Gasteiger partial charge in [-0.1, -0.05) is 30.3 Å². The van der Waals surface area contributed by atoms with Crippen LogP contribution in [0.3, 0.4) is 0 Å². The highest BCUT2D eigenvalue weighted by Crippen LogP contribution is 2.22. The van der Waals surface area contributed by atoms with Crippen LogP contribution in [-0.2, 0) is 4.79 Å². The van der Waals surface area contributed by atoms with Gasteiger partial charge in [0.1, 0.15) is 6.04 Å². The highest BCUT2D eigenvalue weighted by atomic mass is 16.2. The van der Waals surface area contributed by atoms with E-state index in [1.807, 2.05) is 82.3 Å². The van der Waals surface area contributed by atoms with E-state index in [0.29, 0.717) is 11.9 Å². The van der Waals surface area contributed by atoms with Gasteiger partial charge in [-0.05, 0) is 93.3 Å². The average Bonchev–Trinajstić information content (AvgIpc) is 2.78. The van der Waals surface area contributed by atoms with Gasteiger partial charge in [-0.2, -0.15) is 15.0 Å². The van der Waals surface area contributed by atoms with Crippen molar-refractivity contribution in [3.8, 4) is 0 Å². The molecular weight excluding hydrogens is 450 g/mol. The Kier molecular flexibility index (Phi) is 7.44. The first kappa shape index (κ1) is 24.7. The SMILES string of the molecule is Cc1cc(C)cc(Nc2nc(Nc3cc(C)cc(C)c3)nc(N[C@@H](C)C(=O)Nc3ccccc3)n2)c1. The molecule has 8 nitrogen and oxygen atoms in total. The molecule has 0 fully saturated rings. The van der Waals surface area contributed by atoms with Crippen molar-refractivity contribution in [2.75, 3.05) is 21.3 Å². The van der Waals surface area contributed by atoms with Crippen molar-refractivity contribution >= 4 is 40.8 Å². The molecule has 4 aromatic rings. The summed E-state index contributed by atoms with van der Waals surface area (Å²) in [4.78, 5) is 26.4. The van der Waals surface area contributed by atoms with Gasteiger partial charge in [0.2, 0.25) is 23.8 Å². The van der Waals surface area contributed by atoms with Crippen molar-refractivity contribution in [3.05, 3.63) is 89.0 Å². The van der Waals surface area contributed by atoms with Gasteiger partial charge in [-0.15, -0.1) is 0 Å². The van der Waals surface area contributed by atoms with Crippen molar-refractivity contribution in [2.45, 2.75) is 40.7 Å². The van der Waals surface area contributed by atoms with E-state index < -0.39 is 6.04 Å². The minimum absolute atomic E-state index is 0.200. The van der Waals surface area contributed by atoms with Gasteiger partial charge in [0, 0.05) is 17.1 Å². The molecular formula is C28H31N7O. The number of hydrogen-bond acceptors (Lipinski definition) is 7. The summed E-state index contributed by atoms with van der Waals surface area (Å²) in [6.07, 6.45) is 0. The van der Waals surface area contributed by atoms with Crippen LogP contribution in [0, 0.1) is 27.7 Å². The fraction of sp³-hybridized carbons (Fsp3) is 0.214. The van der Waals surface area contributed by atoms with Gasteiger partial charge in [0.15, 0.2) is 0 Å². The topological polar surface area (TPSA) is 104 Å². The van der Waals surface area contributed by atoms with Crippen LogP contribution in [0.4, 0.5) is 34.9 Å². The molecule has 0 radical (unpaired) electrons. The van der Waals surface area contributed by atoms with Crippen molar-refractivity contribution < 1.29 is 4.79 Å². The number of anilines is 6. The molecule has 0 saturated carbocycles. The second-order valence-corrected chi connectivity index (χ2v) is 9.03. The largest absolute Gasteiger partial charge is 0.342 e. The second-order valence-electron chi connectivity index (χ2n) is 9.03. The molecule has 0 saturated heterocycles. The lowest BCUT2D eigenvalue weighted by molar-refractivity contribution is -0.116. The van der Waals surface area contributed by atoms with E-state index in [-0.39, 0.29) is 11.9 Å². The fourth-order valence-electron chi connectivity index (χ4n) is 3.94. The van der Waals surface area contributed by atoms with E-state index in [0.717, 1.165) is 39.3 Å². The lowest BCUT2D eigenvalue weighted by atomic mass is 10.1. The number of carbonyl (C=O) groups excluding carboxylic acids is 1. The molecule has 4 rings (SSSR count). The van der Waals surface area contributed by atoms with Gasteiger partial charge < -0.3 is 21.3 Å². The maximum Gasteiger partial charge on any atom is 0.246 e. The number of benzene rings is 3. The predicted molar refractivity (Wildman–Crippen MR) is 146 cm³/mol. The zero-order valence-corrected chi connectivity index (χ0v) is 21.2. The summed E-state index contributed by atoms with van der Waals surface area (Å²) in [5.41, 5.74) is 6.98. The molecule has 184 valence electrons. The quantitative estimate of drug-likeness (QED) is 0.243. The number of aromatic nitrogens is 3. The highest BCUT2D eigenvalue weighted by molar-refractivity contribution is 5.96. The van der Waals surface area contributed by atoms with Crippen LogP contribution in [0.2, 0.25) is 0 Å². The number of carbonyl (C=O) groups is 1. The zero-order chi connectivity index (χ0) is 25.7. The molecule has 1 heterocycles. The molecule has 1 amide bonds. The smallest absolute Gasteiger partial charge is 0.246 e. The number of hydrogen-bond donors (Lipinski definition) is 4. The Morgan fingerprint density at radius 2 is 1.08 bits per heavy atom. The Bertz CT molecular complexity index is 1260. The Hall–Kier alpha value is -4.46. The second kappa shape index (κ2) is 10.9. The Labute approximate surface area is 211 Å². The van der Waals surface area contributed by atoms with E-state index in [1.54, 1.807) is 6.92 Å². The molecule has 4 N–H and O–H groups in total. The number of rotatable bonds is 8.